The van der Waals surface area contributed by atoms with E-state index < -0.39 is 5.91 Å². The monoisotopic (exact) mass is 408 g/mol. The fourth-order valence-electron chi connectivity index (χ4n) is 2.60. The van der Waals surface area contributed by atoms with Crippen molar-refractivity contribution >= 4 is 17.9 Å². The Morgan fingerprint density at radius 3 is 2.60 bits per heavy atom. The van der Waals surface area contributed by atoms with E-state index in [2.05, 4.69) is 20.8 Å². The van der Waals surface area contributed by atoms with Crippen molar-refractivity contribution in [3.05, 3.63) is 77.5 Å². The van der Waals surface area contributed by atoms with E-state index in [4.69, 9.17) is 8.94 Å². The molecule has 0 saturated heterocycles. The maximum Gasteiger partial charge on any atom is 0.267 e. The number of carbonyl (C=O) groups is 2. The van der Waals surface area contributed by atoms with Crippen molar-refractivity contribution < 1.29 is 18.5 Å². The summed E-state index contributed by atoms with van der Waals surface area (Å²) in [5, 5.41) is 9.37. The average Bonchev–Trinajstić information content (AvgIpc) is 3.43. The van der Waals surface area contributed by atoms with Gasteiger partial charge >= 0.3 is 0 Å². The fourth-order valence-corrected chi connectivity index (χ4v) is 2.60. The van der Waals surface area contributed by atoms with Gasteiger partial charge in [-0.15, -0.1) is 0 Å². The summed E-state index contributed by atoms with van der Waals surface area (Å²) in [5.41, 5.74) is 0.548. The number of hydrogen-bond donors (Lipinski definition) is 2. The number of furan rings is 1. The van der Waals surface area contributed by atoms with Gasteiger partial charge in [0.2, 0.25) is 5.89 Å². The number of hydrogen-bond acceptors (Lipinski definition) is 6. The molecule has 2 amide bonds. The quantitative estimate of drug-likeness (QED) is 0.415. The zero-order chi connectivity index (χ0) is 21.3. The highest BCUT2D eigenvalue weighted by molar-refractivity contribution is 6.05. The lowest BCUT2D eigenvalue weighted by molar-refractivity contribution is -0.117. The van der Waals surface area contributed by atoms with Crippen molar-refractivity contribution in [3.8, 4) is 0 Å². The second-order valence-corrected chi connectivity index (χ2v) is 6.95. The number of carbonyl (C=O) groups excluding carboxylic acids is 2. The van der Waals surface area contributed by atoms with Crippen LogP contribution in [0.15, 0.2) is 63.4 Å². The van der Waals surface area contributed by atoms with Crippen LogP contribution in [-0.2, 0) is 11.2 Å². The minimum Gasteiger partial charge on any atom is -0.465 e. The molecule has 2 aromatic heterocycles. The molecular weight excluding hydrogens is 384 g/mol. The number of aromatic nitrogens is 2. The first kappa shape index (κ1) is 21.0. The molecule has 30 heavy (non-hydrogen) atoms. The van der Waals surface area contributed by atoms with Crippen molar-refractivity contribution in [2.75, 3.05) is 6.54 Å². The van der Waals surface area contributed by atoms with Crippen LogP contribution in [0, 0.1) is 0 Å². The summed E-state index contributed by atoms with van der Waals surface area (Å²) in [6.45, 7) is 4.37. The first-order chi connectivity index (χ1) is 14.5. The Balaban J connectivity index is 1.58. The molecule has 0 unspecified atom stereocenters. The summed E-state index contributed by atoms with van der Waals surface area (Å²) in [6, 6.07) is 12.1. The van der Waals surface area contributed by atoms with E-state index in [-0.39, 0.29) is 17.5 Å². The normalized spacial score (nSPS) is 11.5. The molecule has 0 bridgehead atoms. The van der Waals surface area contributed by atoms with Gasteiger partial charge in [-0.05, 0) is 30.7 Å². The van der Waals surface area contributed by atoms with Crippen LogP contribution in [0.1, 0.15) is 54.0 Å². The lowest BCUT2D eigenvalue weighted by atomic mass is 10.2. The third-order valence-corrected chi connectivity index (χ3v) is 4.21. The molecule has 0 aliphatic heterocycles. The van der Waals surface area contributed by atoms with E-state index in [1.807, 2.05) is 19.9 Å². The third kappa shape index (κ3) is 5.91. The van der Waals surface area contributed by atoms with E-state index >= 15 is 0 Å². The van der Waals surface area contributed by atoms with Gasteiger partial charge in [0.05, 0.1) is 6.26 Å². The standard InChI is InChI=1S/C22H24N4O4/c1-15(2)20-25-19(30-26-20)11-6-12-23-22(28)18(14-17-10-7-13-29-17)24-21(27)16-8-4-3-5-9-16/h3-5,7-10,13-15H,6,11-12H2,1-2H3,(H,23,28)(H,24,27). The Hall–Kier alpha value is -3.68. The van der Waals surface area contributed by atoms with Crippen molar-refractivity contribution in [2.45, 2.75) is 32.6 Å². The molecule has 8 nitrogen and oxygen atoms in total. The number of rotatable bonds is 9. The average molecular weight is 408 g/mol. The minimum atomic E-state index is -0.413. The first-order valence-corrected chi connectivity index (χ1v) is 9.75. The minimum absolute atomic E-state index is 0.0960. The predicted octanol–water partition coefficient (Wildman–Crippen LogP) is 3.31. The Morgan fingerprint density at radius 2 is 1.93 bits per heavy atom. The Kier molecular flexibility index (Phi) is 7.15. The number of nitrogens with zero attached hydrogens (tertiary/aromatic N) is 2. The predicted molar refractivity (Wildman–Crippen MR) is 110 cm³/mol. The highest BCUT2D eigenvalue weighted by Gasteiger charge is 2.15. The molecular formula is C22H24N4O4. The van der Waals surface area contributed by atoms with Crippen LogP contribution < -0.4 is 10.6 Å². The van der Waals surface area contributed by atoms with Gasteiger partial charge in [-0.2, -0.15) is 4.98 Å². The van der Waals surface area contributed by atoms with E-state index in [0.29, 0.717) is 42.4 Å². The molecule has 2 heterocycles. The van der Waals surface area contributed by atoms with Crippen LogP contribution in [0.2, 0.25) is 0 Å². The molecule has 2 N–H and O–H groups in total. The van der Waals surface area contributed by atoms with Gasteiger partial charge < -0.3 is 19.6 Å². The maximum atomic E-state index is 12.7. The molecule has 3 aromatic rings. The molecule has 156 valence electrons. The van der Waals surface area contributed by atoms with Gasteiger partial charge in [0.1, 0.15) is 11.5 Å². The van der Waals surface area contributed by atoms with Gasteiger partial charge in [0, 0.05) is 30.5 Å². The van der Waals surface area contributed by atoms with Gasteiger partial charge in [0.15, 0.2) is 5.82 Å². The Labute approximate surface area is 174 Å². The van der Waals surface area contributed by atoms with Gasteiger partial charge in [0.25, 0.3) is 11.8 Å². The van der Waals surface area contributed by atoms with Crippen molar-refractivity contribution in [2.24, 2.45) is 0 Å². The molecule has 0 radical (unpaired) electrons. The number of nitrogens with one attached hydrogen (secondary N) is 2. The van der Waals surface area contributed by atoms with E-state index in [9.17, 15) is 9.59 Å². The molecule has 0 aliphatic rings. The topological polar surface area (TPSA) is 110 Å². The van der Waals surface area contributed by atoms with Crippen LogP contribution in [0.5, 0.6) is 0 Å². The largest absolute Gasteiger partial charge is 0.465 e. The molecule has 3 rings (SSSR count). The Bertz CT molecular complexity index is 991. The highest BCUT2D eigenvalue weighted by Crippen LogP contribution is 2.11. The molecule has 0 spiro atoms. The van der Waals surface area contributed by atoms with Crippen LogP contribution in [0.25, 0.3) is 6.08 Å². The summed E-state index contributed by atoms with van der Waals surface area (Å²) in [6.07, 6.45) is 4.15. The maximum absolute atomic E-state index is 12.7. The van der Waals surface area contributed by atoms with Crippen LogP contribution >= 0.6 is 0 Å². The van der Waals surface area contributed by atoms with E-state index in [1.165, 1.54) is 12.3 Å². The van der Waals surface area contributed by atoms with Crippen molar-refractivity contribution in [1.29, 1.82) is 0 Å². The van der Waals surface area contributed by atoms with Crippen LogP contribution in [-0.4, -0.2) is 28.5 Å². The smallest absolute Gasteiger partial charge is 0.267 e. The lowest BCUT2D eigenvalue weighted by Gasteiger charge is -2.10. The van der Waals surface area contributed by atoms with Crippen molar-refractivity contribution in [1.82, 2.24) is 20.8 Å². The SMILES string of the molecule is CC(C)c1noc(CCCNC(=O)C(=Cc2ccco2)NC(=O)c2ccccc2)n1. The first-order valence-electron chi connectivity index (χ1n) is 9.75. The molecule has 0 aliphatic carbocycles. The lowest BCUT2D eigenvalue weighted by Crippen LogP contribution is -2.35. The molecule has 8 heteroatoms. The zero-order valence-electron chi connectivity index (χ0n) is 16.9. The number of benzene rings is 1. The van der Waals surface area contributed by atoms with E-state index in [0.717, 1.165) is 0 Å². The van der Waals surface area contributed by atoms with Crippen LogP contribution in [0.3, 0.4) is 0 Å². The second kappa shape index (κ2) is 10.2. The van der Waals surface area contributed by atoms with Crippen molar-refractivity contribution in [3.63, 3.8) is 0 Å². The van der Waals surface area contributed by atoms with Gasteiger partial charge in [-0.1, -0.05) is 37.2 Å². The molecule has 0 fully saturated rings. The zero-order valence-corrected chi connectivity index (χ0v) is 16.9. The molecule has 1 aromatic carbocycles. The molecule has 0 atom stereocenters. The molecule has 0 saturated carbocycles. The Morgan fingerprint density at radius 1 is 1.13 bits per heavy atom. The third-order valence-electron chi connectivity index (χ3n) is 4.21. The fraction of sp³-hybridized carbons (Fsp3) is 0.273. The van der Waals surface area contributed by atoms with Crippen LogP contribution in [0.4, 0.5) is 0 Å². The second-order valence-electron chi connectivity index (χ2n) is 6.95. The number of amides is 2. The van der Waals surface area contributed by atoms with E-state index in [1.54, 1.807) is 36.4 Å². The number of aryl methyl sites for hydroxylation is 1. The summed E-state index contributed by atoms with van der Waals surface area (Å²) in [5.74, 6) is 1.07. The summed E-state index contributed by atoms with van der Waals surface area (Å²) in [4.78, 5) is 29.4. The highest BCUT2D eigenvalue weighted by atomic mass is 16.5. The summed E-state index contributed by atoms with van der Waals surface area (Å²) < 4.78 is 10.5. The summed E-state index contributed by atoms with van der Waals surface area (Å²) in [7, 11) is 0. The van der Waals surface area contributed by atoms with Gasteiger partial charge in [-0.25, -0.2) is 0 Å². The summed E-state index contributed by atoms with van der Waals surface area (Å²) >= 11 is 0. The van der Waals surface area contributed by atoms with Gasteiger partial charge in [-0.3, -0.25) is 9.59 Å².